The summed E-state index contributed by atoms with van der Waals surface area (Å²) < 4.78 is 2.44. The number of amides is 1. The second-order valence-corrected chi connectivity index (χ2v) is 8.90. The zero-order valence-electron chi connectivity index (χ0n) is 18.9. The fourth-order valence-electron chi connectivity index (χ4n) is 4.77. The molecule has 0 bridgehead atoms. The Balaban J connectivity index is 1.22. The van der Waals surface area contributed by atoms with Crippen LogP contribution in [0.25, 0.3) is 10.9 Å². The quantitative estimate of drug-likeness (QED) is 0.458. The van der Waals surface area contributed by atoms with Crippen LogP contribution in [0.5, 0.6) is 0 Å². The van der Waals surface area contributed by atoms with Gasteiger partial charge < -0.3 is 9.88 Å². The van der Waals surface area contributed by atoms with Crippen LogP contribution >= 0.6 is 0 Å². The van der Waals surface area contributed by atoms with Gasteiger partial charge in [-0.25, -0.2) is 0 Å². The van der Waals surface area contributed by atoms with Crippen LogP contribution in [0, 0.1) is 5.92 Å². The Morgan fingerprint density at radius 2 is 1.67 bits per heavy atom. The lowest BCUT2D eigenvalue weighted by atomic mass is 9.95. The minimum absolute atomic E-state index is 0.0908. The number of rotatable bonds is 7. The first-order valence-corrected chi connectivity index (χ1v) is 11.8. The van der Waals surface area contributed by atoms with Crippen LogP contribution in [0.1, 0.15) is 29.7 Å². The summed E-state index contributed by atoms with van der Waals surface area (Å²) in [5, 5.41) is 4.37. The monoisotopic (exact) mass is 438 g/mol. The summed E-state index contributed by atoms with van der Waals surface area (Å²) in [5.74, 6) is 0.254. The number of hydrogen-bond donors (Lipinski definition) is 1. The summed E-state index contributed by atoms with van der Waals surface area (Å²) in [6.45, 7) is 4.21. The number of hydrogen-bond acceptors (Lipinski definition) is 3. The molecule has 1 aliphatic rings. The molecule has 0 unspecified atom stereocenters. The third-order valence-corrected chi connectivity index (χ3v) is 6.61. The van der Waals surface area contributed by atoms with Gasteiger partial charge in [0.05, 0.1) is 0 Å². The smallest absolute Gasteiger partial charge is 0.223 e. The van der Waals surface area contributed by atoms with E-state index in [9.17, 15) is 4.79 Å². The van der Waals surface area contributed by atoms with Gasteiger partial charge in [0.25, 0.3) is 0 Å². The van der Waals surface area contributed by atoms with E-state index in [1.807, 2.05) is 12.1 Å². The van der Waals surface area contributed by atoms with E-state index in [0.29, 0.717) is 6.54 Å². The number of nitrogens with one attached hydrogen (secondary N) is 1. The Kier molecular flexibility index (Phi) is 6.49. The summed E-state index contributed by atoms with van der Waals surface area (Å²) in [6, 6.07) is 25.5. The maximum absolute atomic E-state index is 12.7. The van der Waals surface area contributed by atoms with Gasteiger partial charge in [-0.15, -0.1) is 0 Å². The standard InChI is InChI=1S/C28H30N4O/c33-28(30-19-23-9-6-14-29-18-23)24-12-15-31(16-13-24)21-26-17-25-10-4-5-11-27(25)32(26)20-22-7-2-1-3-8-22/h1-11,14,17-18,24H,12-13,15-16,19-21H2,(H,30,33). The first kappa shape index (κ1) is 21.4. The van der Waals surface area contributed by atoms with Crippen molar-refractivity contribution in [2.75, 3.05) is 13.1 Å². The van der Waals surface area contributed by atoms with E-state index in [2.05, 4.69) is 80.4 Å². The molecule has 33 heavy (non-hydrogen) atoms. The SMILES string of the molecule is O=C(NCc1cccnc1)C1CCN(Cc2cc3ccccc3n2Cc2ccccc2)CC1. The summed E-state index contributed by atoms with van der Waals surface area (Å²) in [4.78, 5) is 19.3. The fraction of sp³-hybridized carbons (Fsp3) is 0.286. The van der Waals surface area contributed by atoms with E-state index in [-0.39, 0.29) is 11.8 Å². The van der Waals surface area contributed by atoms with Gasteiger partial charge in [-0.2, -0.15) is 0 Å². The number of pyridine rings is 1. The van der Waals surface area contributed by atoms with Gasteiger partial charge in [0.1, 0.15) is 0 Å². The lowest BCUT2D eigenvalue weighted by Crippen LogP contribution is -2.40. The van der Waals surface area contributed by atoms with Crippen molar-refractivity contribution in [3.05, 3.63) is 102 Å². The molecule has 4 aromatic rings. The Hall–Kier alpha value is -3.44. The molecular weight excluding hydrogens is 408 g/mol. The van der Waals surface area contributed by atoms with Crippen molar-refractivity contribution >= 4 is 16.8 Å². The predicted molar refractivity (Wildman–Crippen MR) is 132 cm³/mol. The molecule has 5 rings (SSSR count). The van der Waals surface area contributed by atoms with Crippen LogP contribution in [-0.4, -0.2) is 33.4 Å². The van der Waals surface area contributed by atoms with Crippen molar-refractivity contribution in [1.29, 1.82) is 0 Å². The molecule has 5 nitrogen and oxygen atoms in total. The molecule has 1 fully saturated rings. The van der Waals surface area contributed by atoms with Crippen molar-refractivity contribution in [3.8, 4) is 0 Å². The molecule has 0 aliphatic carbocycles. The number of aromatic nitrogens is 2. The maximum atomic E-state index is 12.7. The molecule has 1 saturated heterocycles. The Bertz CT molecular complexity index is 1190. The second kappa shape index (κ2) is 10.0. The largest absolute Gasteiger partial charge is 0.352 e. The number of carbonyl (C=O) groups is 1. The van der Waals surface area contributed by atoms with E-state index < -0.39 is 0 Å². The zero-order chi connectivity index (χ0) is 22.5. The van der Waals surface area contributed by atoms with E-state index in [4.69, 9.17) is 0 Å². The number of likely N-dealkylation sites (tertiary alicyclic amines) is 1. The minimum atomic E-state index is 0.0908. The summed E-state index contributed by atoms with van der Waals surface area (Å²) in [5.41, 5.74) is 4.96. The molecule has 2 aromatic heterocycles. The van der Waals surface area contributed by atoms with E-state index in [0.717, 1.165) is 44.6 Å². The molecule has 3 heterocycles. The van der Waals surface area contributed by atoms with Crippen LogP contribution in [0.4, 0.5) is 0 Å². The van der Waals surface area contributed by atoms with E-state index >= 15 is 0 Å². The number of nitrogens with zero attached hydrogens (tertiary/aromatic N) is 3. The topological polar surface area (TPSA) is 50.2 Å². The predicted octanol–water partition coefficient (Wildman–Crippen LogP) is 4.61. The molecule has 1 N–H and O–H groups in total. The molecule has 0 atom stereocenters. The van der Waals surface area contributed by atoms with Gasteiger partial charge in [-0.1, -0.05) is 54.6 Å². The summed E-state index contributed by atoms with van der Waals surface area (Å²) in [6.07, 6.45) is 5.35. The fourth-order valence-corrected chi connectivity index (χ4v) is 4.77. The Labute approximate surface area is 195 Å². The van der Waals surface area contributed by atoms with Crippen LogP contribution in [0.3, 0.4) is 0 Å². The number of carbonyl (C=O) groups excluding carboxylic acids is 1. The maximum Gasteiger partial charge on any atom is 0.223 e. The number of piperidine rings is 1. The van der Waals surface area contributed by atoms with Crippen LogP contribution < -0.4 is 5.32 Å². The highest BCUT2D eigenvalue weighted by Crippen LogP contribution is 2.25. The van der Waals surface area contributed by atoms with Crippen LogP contribution in [-0.2, 0) is 24.4 Å². The third kappa shape index (κ3) is 5.15. The first-order valence-electron chi connectivity index (χ1n) is 11.8. The highest BCUT2D eigenvalue weighted by atomic mass is 16.1. The van der Waals surface area contributed by atoms with Gasteiger partial charge in [-0.05, 0) is 60.6 Å². The van der Waals surface area contributed by atoms with Gasteiger partial charge in [0.2, 0.25) is 5.91 Å². The molecular formula is C28H30N4O. The van der Waals surface area contributed by atoms with Gasteiger partial charge >= 0.3 is 0 Å². The molecule has 0 radical (unpaired) electrons. The van der Waals surface area contributed by atoms with E-state index in [1.54, 1.807) is 12.4 Å². The molecule has 1 amide bonds. The van der Waals surface area contributed by atoms with Gasteiger partial charge in [0, 0.05) is 49.2 Å². The number of benzene rings is 2. The van der Waals surface area contributed by atoms with Crippen molar-refractivity contribution in [2.45, 2.75) is 32.5 Å². The lowest BCUT2D eigenvalue weighted by molar-refractivity contribution is -0.126. The molecule has 1 aliphatic heterocycles. The molecule has 5 heteroatoms. The average Bonchev–Trinajstić information content (AvgIpc) is 3.21. The van der Waals surface area contributed by atoms with Crippen LogP contribution in [0.2, 0.25) is 0 Å². The Morgan fingerprint density at radius 3 is 2.45 bits per heavy atom. The minimum Gasteiger partial charge on any atom is -0.352 e. The Morgan fingerprint density at radius 1 is 0.909 bits per heavy atom. The lowest BCUT2D eigenvalue weighted by Gasteiger charge is -2.31. The molecule has 0 spiro atoms. The molecule has 0 saturated carbocycles. The number of fused-ring (bicyclic) bond motifs is 1. The average molecular weight is 439 g/mol. The first-order chi connectivity index (χ1) is 16.3. The highest BCUT2D eigenvalue weighted by Gasteiger charge is 2.25. The van der Waals surface area contributed by atoms with Crippen molar-refractivity contribution in [1.82, 2.24) is 19.8 Å². The molecule has 2 aromatic carbocycles. The van der Waals surface area contributed by atoms with Gasteiger partial charge in [0.15, 0.2) is 0 Å². The van der Waals surface area contributed by atoms with Crippen molar-refractivity contribution in [3.63, 3.8) is 0 Å². The molecule has 168 valence electrons. The second-order valence-electron chi connectivity index (χ2n) is 8.90. The summed E-state index contributed by atoms with van der Waals surface area (Å²) >= 11 is 0. The van der Waals surface area contributed by atoms with Gasteiger partial charge in [-0.3, -0.25) is 14.7 Å². The zero-order valence-corrected chi connectivity index (χ0v) is 18.9. The summed E-state index contributed by atoms with van der Waals surface area (Å²) in [7, 11) is 0. The highest BCUT2D eigenvalue weighted by molar-refractivity contribution is 5.81. The van der Waals surface area contributed by atoms with Crippen molar-refractivity contribution < 1.29 is 4.79 Å². The van der Waals surface area contributed by atoms with E-state index in [1.165, 1.54) is 22.2 Å². The van der Waals surface area contributed by atoms with Crippen LogP contribution in [0.15, 0.2) is 85.2 Å². The number of para-hydroxylation sites is 1. The normalized spacial score (nSPS) is 15.0. The third-order valence-electron chi connectivity index (χ3n) is 6.61. The van der Waals surface area contributed by atoms with Crippen molar-refractivity contribution in [2.24, 2.45) is 5.92 Å².